The van der Waals surface area contributed by atoms with Crippen molar-refractivity contribution < 1.29 is 22.7 Å². The van der Waals surface area contributed by atoms with Gasteiger partial charge in [-0.1, -0.05) is 37.3 Å². The third-order valence-corrected chi connectivity index (χ3v) is 9.19. The molecule has 2 aromatic carbocycles. The summed E-state index contributed by atoms with van der Waals surface area (Å²) in [5, 5.41) is 3.32. The first kappa shape index (κ1) is 25.1. The highest BCUT2D eigenvalue weighted by Gasteiger charge is 2.29. The molecular weight excluding hydrogens is 484 g/mol. The molecule has 0 saturated heterocycles. The molecule has 35 heavy (non-hydrogen) atoms. The Kier molecular flexibility index (Phi) is 7.39. The van der Waals surface area contributed by atoms with Gasteiger partial charge in [0, 0.05) is 24.0 Å². The number of anilines is 1. The van der Waals surface area contributed by atoms with E-state index in [9.17, 15) is 18.0 Å². The van der Waals surface area contributed by atoms with Crippen molar-refractivity contribution in [2.24, 2.45) is 5.92 Å². The largest absolute Gasteiger partial charge is 0.465 e. The second-order valence-corrected chi connectivity index (χ2v) is 11.9. The summed E-state index contributed by atoms with van der Waals surface area (Å²) in [6, 6.07) is 15.1. The number of hydrogen-bond acceptors (Lipinski definition) is 6. The molecule has 7 nitrogen and oxygen atoms in total. The van der Waals surface area contributed by atoms with Gasteiger partial charge >= 0.3 is 5.97 Å². The van der Waals surface area contributed by atoms with Crippen molar-refractivity contribution in [2.45, 2.75) is 37.6 Å². The van der Waals surface area contributed by atoms with E-state index in [1.54, 1.807) is 0 Å². The van der Waals surface area contributed by atoms with Gasteiger partial charge in [0.05, 0.1) is 17.6 Å². The lowest BCUT2D eigenvalue weighted by atomic mass is 9.88. The summed E-state index contributed by atoms with van der Waals surface area (Å²) in [4.78, 5) is 26.7. The maximum atomic E-state index is 13.0. The van der Waals surface area contributed by atoms with Gasteiger partial charge in [0.25, 0.3) is 5.91 Å². The maximum Gasteiger partial charge on any atom is 0.341 e. The number of ether oxygens (including phenoxy) is 1. The number of nitrogens with one attached hydrogen (secondary N) is 1. The van der Waals surface area contributed by atoms with Crippen LogP contribution in [-0.2, 0) is 34.1 Å². The van der Waals surface area contributed by atoms with Crippen LogP contribution in [0.15, 0.2) is 59.5 Å². The zero-order chi connectivity index (χ0) is 25.2. The van der Waals surface area contributed by atoms with Crippen molar-refractivity contribution in [3.05, 3.63) is 81.7 Å². The van der Waals surface area contributed by atoms with E-state index in [0.717, 1.165) is 35.3 Å². The van der Waals surface area contributed by atoms with Gasteiger partial charge in [-0.3, -0.25) is 4.79 Å². The van der Waals surface area contributed by atoms with Gasteiger partial charge < -0.3 is 10.1 Å². The van der Waals surface area contributed by atoms with E-state index in [1.807, 2.05) is 30.3 Å². The van der Waals surface area contributed by atoms with Crippen molar-refractivity contribution in [3.8, 4) is 0 Å². The zero-order valence-corrected chi connectivity index (χ0v) is 21.5. The van der Waals surface area contributed by atoms with E-state index in [1.165, 1.54) is 54.1 Å². The van der Waals surface area contributed by atoms with E-state index in [-0.39, 0.29) is 11.4 Å². The number of carbonyl (C=O) groups is 2. The molecule has 3 aromatic rings. The van der Waals surface area contributed by atoms with Crippen LogP contribution in [0.3, 0.4) is 0 Å². The average Bonchev–Trinajstić information content (AvgIpc) is 3.20. The predicted molar refractivity (Wildman–Crippen MR) is 136 cm³/mol. The summed E-state index contributed by atoms with van der Waals surface area (Å²) in [6.45, 7) is 2.41. The van der Waals surface area contributed by atoms with Crippen molar-refractivity contribution >= 4 is 38.2 Å². The number of rotatable bonds is 7. The highest BCUT2D eigenvalue weighted by Crippen LogP contribution is 2.40. The molecule has 1 N–H and O–H groups in total. The minimum atomic E-state index is -3.72. The van der Waals surface area contributed by atoms with E-state index < -0.39 is 21.9 Å². The molecule has 9 heteroatoms. The van der Waals surface area contributed by atoms with Crippen molar-refractivity contribution in [1.82, 2.24) is 4.31 Å². The van der Waals surface area contributed by atoms with Crippen LogP contribution in [0.1, 0.15) is 50.1 Å². The van der Waals surface area contributed by atoms with Crippen LogP contribution in [0.25, 0.3) is 0 Å². The Morgan fingerprint density at radius 1 is 1.11 bits per heavy atom. The molecule has 0 bridgehead atoms. The van der Waals surface area contributed by atoms with Crippen LogP contribution in [0.2, 0.25) is 0 Å². The van der Waals surface area contributed by atoms with Crippen molar-refractivity contribution in [3.63, 3.8) is 0 Å². The van der Waals surface area contributed by atoms with Crippen LogP contribution < -0.4 is 5.32 Å². The second kappa shape index (κ2) is 10.3. The van der Waals surface area contributed by atoms with Crippen LogP contribution in [0.5, 0.6) is 0 Å². The Balaban J connectivity index is 1.52. The Hall–Kier alpha value is -3.01. The summed E-state index contributed by atoms with van der Waals surface area (Å²) >= 11 is 1.41. The molecule has 0 saturated carbocycles. The molecule has 1 heterocycles. The molecule has 1 aliphatic rings. The Labute approximate surface area is 209 Å². The standard InChI is InChI=1S/C26H28N2O5S2/c1-17-9-14-21-22(15-17)34-25(23(21)26(30)33-3)27-24(29)19-10-12-20(13-11-19)35(31,32)28(2)16-18-7-5-4-6-8-18/h4-8,10-13,17H,9,14-16H2,1-3H3,(H,27,29). The number of thiophene rings is 1. The van der Waals surface area contributed by atoms with Gasteiger partial charge in [-0.25, -0.2) is 13.2 Å². The lowest BCUT2D eigenvalue weighted by Gasteiger charge is -2.18. The summed E-state index contributed by atoms with van der Waals surface area (Å²) < 4.78 is 32.2. The third kappa shape index (κ3) is 5.32. The first-order valence-corrected chi connectivity index (χ1v) is 13.6. The Morgan fingerprint density at radius 2 is 1.80 bits per heavy atom. The maximum absolute atomic E-state index is 13.0. The molecule has 1 atom stereocenters. The van der Waals surface area contributed by atoms with E-state index >= 15 is 0 Å². The summed E-state index contributed by atoms with van der Waals surface area (Å²) in [6.07, 6.45) is 2.62. The molecule has 1 amide bonds. The average molecular weight is 513 g/mol. The van der Waals surface area contributed by atoms with Crippen molar-refractivity contribution in [1.29, 1.82) is 0 Å². The summed E-state index contributed by atoms with van der Waals surface area (Å²) in [5.41, 5.74) is 2.56. The monoisotopic (exact) mass is 512 g/mol. The van der Waals surface area contributed by atoms with Crippen LogP contribution in [-0.4, -0.2) is 38.8 Å². The molecule has 0 spiro atoms. The normalized spacial score (nSPS) is 15.5. The molecule has 0 radical (unpaired) electrons. The summed E-state index contributed by atoms with van der Waals surface area (Å²) in [7, 11) is -0.869. The van der Waals surface area contributed by atoms with E-state index in [0.29, 0.717) is 22.0 Å². The number of carbonyl (C=O) groups excluding carboxylic acids is 2. The first-order chi connectivity index (χ1) is 16.7. The van der Waals surface area contributed by atoms with E-state index in [2.05, 4.69) is 12.2 Å². The first-order valence-electron chi connectivity index (χ1n) is 11.3. The highest BCUT2D eigenvalue weighted by molar-refractivity contribution is 7.89. The van der Waals surface area contributed by atoms with Crippen LogP contribution in [0, 0.1) is 5.92 Å². The lowest BCUT2D eigenvalue weighted by Crippen LogP contribution is -2.26. The number of esters is 1. The molecule has 1 aromatic heterocycles. The molecular formula is C26H28N2O5S2. The highest BCUT2D eigenvalue weighted by atomic mass is 32.2. The number of amides is 1. The molecule has 1 aliphatic carbocycles. The number of nitrogens with zero attached hydrogens (tertiary/aromatic N) is 1. The van der Waals surface area contributed by atoms with Crippen LogP contribution in [0.4, 0.5) is 5.00 Å². The van der Waals surface area contributed by atoms with Gasteiger partial charge in [-0.15, -0.1) is 11.3 Å². The smallest absolute Gasteiger partial charge is 0.341 e. The third-order valence-electron chi connectivity index (χ3n) is 6.20. The molecule has 0 fully saturated rings. The minimum absolute atomic E-state index is 0.100. The number of benzene rings is 2. The number of fused-ring (bicyclic) bond motifs is 1. The quantitative estimate of drug-likeness (QED) is 0.462. The van der Waals surface area contributed by atoms with Gasteiger partial charge in [-0.05, 0) is 60.6 Å². The fraction of sp³-hybridized carbons (Fsp3) is 0.308. The van der Waals surface area contributed by atoms with Gasteiger partial charge in [-0.2, -0.15) is 4.31 Å². The number of methoxy groups -OCH3 is 1. The fourth-order valence-corrected chi connectivity index (χ4v) is 6.77. The Bertz CT molecular complexity index is 1330. The number of hydrogen-bond donors (Lipinski definition) is 1. The predicted octanol–water partition coefficient (Wildman–Crippen LogP) is 4.73. The minimum Gasteiger partial charge on any atom is -0.465 e. The van der Waals surface area contributed by atoms with Gasteiger partial charge in [0.15, 0.2) is 0 Å². The molecule has 184 valence electrons. The molecule has 0 aliphatic heterocycles. The topological polar surface area (TPSA) is 92.8 Å². The molecule has 4 rings (SSSR count). The van der Waals surface area contributed by atoms with Crippen LogP contribution >= 0.6 is 11.3 Å². The SMILES string of the molecule is COC(=O)c1c(NC(=O)c2ccc(S(=O)(=O)N(C)Cc3ccccc3)cc2)sc2c1CCC(C)C2. The molecule has 1 unspecified atom stereocenters. The lowest BCUT2D eigenvalue weighted by molar-refractivity contribution is 0.0600. The van der Waals surface area contributed by atoms with Crippen molar-refractivity contribution in [2.75, 3.05) is 19.5 Å². The Morgan fingerprint density at radius 3 is 2.46 bits per heavy atom. The fourth-order valence-electron chi connectivity index (χ4n) is 4.22. The summed E-state index contributed by atoms with van der Waals surface area (Å²) in [5.74, 6) is -0.358. The van der Waals surface area contributed by atoms with E-state index in [4.69, 9.17) is 4.74 Å². The second-order valence-electron chi connectivity index (χ2n) is 8.77. The zero-order valence-electron chi connectivity index (χ0n) is 19.9. The van der Waals surface area contributed by atoms with Gasteiger partial charge in [0.2, 0.25) is 10.0 Å². The van der Waals surface area contributed by atoms with Gasteiger partial charge in [0.1, 0.15) is 5.00 Å². The number of sulfonamides is 1.